The molecule has 12 nitrogen and oxygen atoms in total. The fourth-order valence-electron chi connectivity index (χ4n) is 4.18. The molecule has 14 heteroatoms. The first-order chi connectivity index (χ1) is 18.0. The van der Waals surface area contributed by atoms with Crippen molar-refractivity contribution in [2.75, 3.05) is 12.3 Å². The number of halogens is 1. The van der Waals surface area contributed by atoms with E-state index in [1.807, 2.05) is 0 Å². The topological polar surface area (TPSA) is 164 Å². The monoisotopic (exact) mass is 548 g/mol. The van der Waals surface area contributed by atoms with Crippen LogP contribution in [0.1, 0.15) is 26.8 Å². The van der Waals surface area contributed by atoms with Crippen molar-refractivity contribution in [3.63, 3.8) is 0 Å². The van der Waals surface area contributed by atoms with Crippen molar-refractivity contribution >= 4 is 30.7 Å². The molecule has 0 bridgehead atoms. The lowest BCUT2D eigenvalue weighted by Gasteiger charge is -2.25. The first-order valence-electron chi connectivity index (χ1n) is 11.9. The third-order valence-electron chi connectivity index (χ3n) is 6.03. The number of nitrogens with one attached hydrogen (secondary N) is 1. The molecule has 1 aliphatic rings. The second-order valence-electron chi connectivity index (χ2n) is 9.18. The molecule has 1 fully saturated rings. The predicted octanol–water partition coefficient (Wildman–Crippen LogP) is 2.97. The van der Waals surface area contributed by atoms with Crippen LogP contribution in [0.15, 0.2) is 55.1 Å². The molecule has 1 unspecified atom stereocenters. The summed E-state index contributed by atoms with van der Waals surface area (Å²) in [4.78, 5) is 24.5. The van der Waals surface area contributed by atoms with Gasteiger partial charge < -0.3 is 24.7 Å². The number of ether oxygens (including phenoxy) is 1. The Kier molecular flexibility index (Phi) is 8.12. The summed E-state index contributed by atoms with van der Waals surface area (Å²) in [5.41, 5.74) is 6.67. The molecule has 0 spiro atoms. The molecular formula is C24H30FN6O6P. The standard InChI is InChI=1S/C24H30FN6O6P/c1-13(2)36-24(33)15(4)30-38(34,37-16-8-6-5-7-9-16)35-10-17-14(3)20(18(25)21(17)32)31-12-29-19-22(26)27-11-28-23(19)31/h5-9,11-13,15,17-18,20-21,32H,3,10H2,1-2,4H3,(H,30,34)(H2,26,27,28)/t15-,17+,18-,20-,21-,38?/m1/s1. The molecule has 1 aliphatic carbocycles. The molecule has 2 aromatic heterocycles. The van der Waals surface area contributed by atoms with Crippen LogP contribution in [0.5, 0.6) is 5.75 Å². The number of aromatic nitrogens is 4. The van der Waals surface area contributed by atoms with E-state index in [2.05, 4.69) is 26.6 Å². The number of nitrogen functional groups attached to an aromatic ring is 1. The van der Waals surface area contributed by atoms with Crippen molar-refractivity contribution in [3.8, 4) is 5.75 Å². The number of fused-ring (bicyclic) bond motifs is 1. The van der Waals surface area contributed by atoms with Crippen molar-refractivity contribution < 1.29 is 32.6 Å². The van der Waals surface area contributed by atoms with Crippen LogP contribution in [0.3, 0.4) is 0 Å². The average Bonchev–Trinajstić information content (AvgIpc) is 3.37. The molecule has 0 amide bonds. The number of alkyl halides is 1. The van der Waals surface area contributed by atoms with Crippen LogP contribution in [0, 0.1) is 5.92 Å². The van der Waals surface area contributed by atoms with Gasteiger partial charge in [-0.1, -0.05) is 24.8 Å². The Balaban J connectivity index is 1.55. The minimum absolute atomic E-state index is 0.128. The summed E-state index contributed by atoms with van der Waals surface area (Å²) in [7, 11) is -4.23. The smallest absolute Gasteiger partial charge is 0.459 e. The van der Waals surface area contributed by atoms with Gasteiger partial charge in [-0.15, -0.1) is 0 Å². The number of rotatable bonds is 10. The van der Waals surface area contributed by atoms with Gasteiger partial charge >= 0.3 is 13.7 Å². The minimum Gasteiger partial charge on any atom is -0.462 e. The van der Waals surface area contributed by atoms with Gasteiger partial charge in [0.1, 0.15) is 23.6 Å². The quantitative estimate of drug-likeness (QED) is 0.194. The normalized spacial score (nSPS) is 23.9. The number of esters is 1. The Morgan fingerprint density at radius 1 is 1.26 bits per heavy atom. The zero-order valence-corrected chi connectivity index (χ0v) is 22.0. The molecule has 6 atom stereocenters. The van der Waals surface area contributed by atoms with Crippen LogP contribution in [0.2, 0.25) is 0 Å². The number of aliphatic hydroxyl groups excluding tert-OH is 1. The lowest BCUT2D eigenvalue weighted by molar-refractivity contribution is -0.149. The second-order valence-corrected chi connectivity index (χ2v) is 10.9. The summed E-state index contributed by atoms with van der Waals surface area (Å²) < 4.78 is 47.0. The number of nitrogens with two attached hydrogens (primary N) is 1. The Bertz CT molecular complexity index is 1350. The van der Waals surface area contributed by atoms with E-state index >= 15 is 4.39 Å². The van der Waals surface area contributed by atoms with Crippen LogP contribution >= 0.6 is 7.75 Å². The number of imidazole rings is 1. The van der Waals surface area contributed by atoms with Crippen molar-refractivity contribution in [1.82, 2.24) is 24.6 Å². The first-order valence-corrected chi connectivity index (χ1v) is 13.5. The number of benzene rings is 1. The first kappa shape index (κ1) is 27.6. The Hall–Kier alpha value is -3.38. The van der Waals surface area contributed by atoms with Crippen molar-refractivity contribution in [2.45, 2.75) is 51.2 Å². The van der Waals surface area contributed by atoms with Crippen LogP contribution in [0.4, 0.5) is 10.2 Å². The van der Waals surface area contributed by atoms with Gasteiger partial charge in [-0.3, -0.25) is 9.32 Å². The van der Waals surface area contributed by atoms with Crippen LogP contribution in [-0.4, -0.2) is 61.6 Å². The number of aliphatic hydroxyl groups is 1. The van der Waals surface area contributed by atoms with E-state index < -0.39 is 56.7 Å². The van der Waals surface area contributed by atoms with Crippen LogP contribution in [-0.2, 0) is 18.6 Å². The summed E-state index contributed by atoms with van der Waals surface area (Å²) >= 11 is 0. The molecule has 0 aliphatic heterocycles. The fraction of sp³-hybridized carbons (Fsp3) is 0.417. The number of carbonyl (C=O) groups is 1. The molecule has 38 heavy (non-hydrogen) atoms. The second kappa shape index (κ2) is 11.2. The summed E-state index contributed by atoms with van der Waals surface area (Å²) in [6.45, 7) is 8.37. The van der Waals surface area contributed by atoms with Gasteiger partial charge in [0.05, 0.1) is 31.2 Å². The van der Waals surface area contributed by atoms with E-state index in [0.717, 1.165) is 0 Å². The number of nitrogens with zero attached hydrogens (tertiary/aromatic N) is 4. The highest BCUT2D eigenvalue weighted by Gasteiger charge is 2.48. The third-order valence-corrected chi connectivity index (χ3v) is 7.68. The number of hydrogen-bond acceptors (Lipinski definition) is 10. The zero-order valence-electron chi connectivity index (χ0n) is 21.1. The Morgan fingerprint density at radius 3 is 2.66 bits per heavy atom. The van der Waals surface area contributed by atoms with Gasteiger partial charge in [0.2, 0.25) is 0 Å². The van der Waals surface area contributed by atoms with E-state index in [4.69, 9.17) is 19.5 Å². The summed E-state index contributed by atoms with van der Waals surface area (Å²) in [6.07, 6.45) is -1.16. The maximum Gasteiger partial charge on any atom is 0.459 e. The SMILES string of the molecule is C=C1[C@@H](n2cnc3c(N)ncnc32)[C@@H](F)[C@H](O)[C@H]1COP(=O)(N[C@H](C)C(=O)OC(C)C)Oc1ccccc1. The Labute approximate surface area is 218 Å². The van der Waals surface area contributed by atoms with E-state index in [1.54, 1.807) is 44.2 Å². The van der Waals surface area contributed by atoms with Crippen LogP contribution in [0.25, 0.3) is 11.2 Å². The van der Waals surface area contributed by atoms with Gasteiger partial charge in [0.15, 0.2) is 17.6 Å². The largest absolute Gasteiger partial charge is 0.462 e. The van der Waals surface area contributed by atoms with Gasteiger partial charge in [-0.2, -0.15) is 5.09 Å². The fourth-order valence-corrected chi connectivity index (χ4v) is 5.69. The predicted molar refractivity (Wildman–Crippen MR) is 137 cm³/mol. The van der Waals surface area contributed by atoms with E-state index in [0.29, 0.717) is 0 Å². The van der Waals surface area contributed by atoms with Crippen LogP contribution < -0.4 is 15.3 Å². The summed E-state index contributed by atoms with van der Waals surface area (Å²) in [5.74, 6) is -1.30. The number of hydrogen-bond donors (Lipinski definition) is 3. The molecule has 4 rings (SSSR count). The molecule has 204 valence electrons. The van der Waals surface area contributed by atoms with E-state index in [9.17, 15) is 14.5 Å². The van der Waals surface area contributed by atoms with Crippen molar-refractivity contribution in [2.24, 2.45) is 5.92 Å². The molecular weight excluding hydrogens is 518 g/mol. The highest BCUT2D eigenvalue weighted by molar-refractivity contribution is 7.52. The lowest BCUT2D eigenvalue weighted by Crippen LogP contribution is -2.37. The molecule has 4 N–H and O–H groups in total. The molecule has 3 aromatic rings. The zero-order chi connectivity index (χ0) is 27.6. The third kappa shape index (κ3) is 5.70. The maximum atomic E-state index is 15.4. The van der Waals surface area contributed by atoms with Gasteiger partial charge in [-0.05, 0) is 38.5 Å². The van der Waals surface area contributed by atoms with Crippen molar-refractivity contribution in [1.29, 1.82) is 0 Å². The number of carbonyl (C=O) groups excluding carboxylic acids is 1. The summed E-state index contributed by atoms with van der Waals surface area (Å²) in [6, 6.07) is 6.10. The molecule has 0 radical (unpaired) electrons. The molecule has 0 saturated heterocycles. The van der Waals surface area contributed by atoms with Crippen molar-refractivity contribution in [3.05, 3.63) is 55.1 Å². The van der Waals surface area contributed by atoms with Gasteiger partial charge in [0.25, 0.3) is 0 Å². The minimum atomic E-state index is -4.23. The van der Waals surface area contributed by atoms with Gasteiger partial charge in [-0.25, -0.2) is 23.9 Å². The molecule has 1 aromatic carbocycles. The lowest BCUT2D eigenvalue weighted by atomic mass is 10.0. The Morgan fingerprint density at radius 2 is 1.97 bits per heavy atom. The number of para-hydroxylation sites is 1. The summed E-state index contributed by atoms with van der Waals surface area (Å²) in [5, 5.41) is 13.3. The molecule has 2 heterocycles. The average molecular weight is 549 g/mol. The van der Waals surface area contributed by atoms with E-state index in [1.165, 1.54) is 24.1 Å². The molecule has 1 saturated carbocycles. The maximum absolute atomic E-state index is 15.4. The highest BCUT2D eigenvalue weighted by Crippen LogP contribution is 2.49. The van der Waals surface area contributed by atoms with Gasteiger partial charge in [0, 0.05) is 5.92 Å². The number of anilines is 1. The highest BCUT2D eigenvalue weighted by atomic mass is 31.2. The van der Waals surface area contributed by atoms with E-state index in [-0.39, 0.29) is 28.3 Å².